The van der Waals surface area contributed by atoms with Crippen LogP contribution in [-0.2, 0) is 20.9 Å². The molecule has 0 saturated carbocycles. The largest absolute Gasteiger partial charge is 0.469 e. The molecule has 0 spiro atoms. The van der Waals surface area contributed by atoms with Crippen LogP contribution in [0.1, 0.15) is 12.8 Å². The molecule has 7 nitrogen and oxygen atoms in total. The van der Waals surface area contributed by atoms with Gasteiger partial charge in [-0.3, -0.25) is 14.2 Å². The summed E-state index contributed by atoms with van der Waals surface area (Å²) in [5.41, 5.74) is -0.456. The molecule has 20 heavy (non-hydrogen) atoms. The van der Waals surface area contributed by atoms with E-state index in [9.17, 15) is 14.4 Å². The van der Waals surface area contributed by atoms with Gasteiger partial charge in [0.2, 0.25) is 5.91 Å². The van der Waals surface area contributed by atoms with Crippen molar-refractivity contribution < 1.29 is 14.3 Å². The van der Waals surface area contributed by atoms with Gasteiger partial charge in [0.15, 0.2) is 0 Å². The van der Waals surface area contributed by atoms with Crippen LogP contribution < -0.4 is 5.69 Å². The van der Waals surface area contributed by atoms with E-state index in [2.05, 4.69) is 4.98 Å². The lowest BCUT2D eigenvalue weighted by Crippen LogP contribution is -2.44. The van der Waals surface area contributed by atoms with Crippen molar-refractivity contribution in [1.82, 2.24) is 14.5 Å². The lowest BCUT2D eigenvalue weighted by Gasteiger charge is -2.31. The minimum Gasteiger partial charge on any atom is -0.469 e. The van der Waals surface area contributed by atoms with E-state index in [0.29, 0.717) is 13.1 Å². The minimum absolute atomic E-state index is 0.0550. The molecule has 108 valence electrons. The molecular weight excluding hydrogens is 262 g/mol. The number of aromatic nitrogens is 2. The van der Waals surface area contributed by atoms with Gasteiger partial charge in [-0.2, -0.15) is 0 Å². The SMILES string of the molecule is COC(=O)C1CCCN(C(=O)Cn2cccnc2=O)C1. The first-order valence-corrected chi connectivity index (χ1v) is 6.49. The molecule has 1 aromatic rings. The molecule has 1 saturated heterocycles. The van der Waals surface area contributed by atoms with E-state index in [-0.39, 0.29) is 24.3 Å². The number of hydrogen-bond acceptors (Lipinski definition) is 5. The number of hydrogen-bond donors (Lipinski definition) is 0. The van der Waals surface area contributed by atoms with E-state index in [0.717, 1.165) is 12.8 Å². The summed E-state index contributed by atoms with van der Waals surface area (Å²) >= 11 is 0. The van der Waals surface area contributed by atoms with Gasteiger partial charge in [-0.05, 0) is 18.9 Å². The summed E-state index contributed by atoms with van der Waals surface area (Å²) in [7, 11) is 1.35. The van der Waals surface area contributed by atoms with Gasteiger partial charge in [0, 0.05) is 25.5 Å². The fourth-order valence-electron chi connectivity index (χ4n) is 2.32. The van der Waals surface area contributed by atoms with Crippen molar-refractivity contribution in [3.8, 4) is 0 Å². The highest BCUT2D eigenvalue weighted by molar-refractivity contribution is 5.78. The molecule has 2 rings (SSSR count). The average Bonchev–Trinajstić information content (AvgIpc) is 2.49. The number of carbonyl (C=O) groups is 2. The summed E-state index contributed by atoms with van der Waals surface area (Å²) < 4.78 is 5.97. The molecule has 1 atom stereocenters. The molecule has 1 amide bonds. The number of piperidine rings is 1. The number of ether oxygens (including phenoxy) is 1. The first kappa shape index (κ1) is 14.2. The van der Waals surface area contributed by atoms with Crippen molar-refractivity contribution in [3.63, 3.8) is 0 Å². The highest BCUT2D eigenvalue weighted by Crippen LogP contribution is 2.17. The topological polar surface area (TPSA) is 81.5 Å². The Hall–Kier alpha value is -2.18. The van der Waals surface area contributed by atoms with E-state index in [1.54, 1.807) is 11.0 Å². The second-order valence-corrected chi connectivity index (χ2v) is 4.73. The summed E-state index contributed by atoms with van der Waals surface area (Å²) in [6.07, 6.45) is 4.39. The lowest BCUT2D eigenvalue weighted by molar-refractivity contribution is -0.149. The first-order valence-electron chi connectivity index (χ1n) is 6.49. The highest BCUT2D eigenvalue weighted by Gasteiger charge is 2.29. The number of carbonyl (C=O) groups excluding carboxylic acids is 2. The maximum Gasteiger partial charge on any atom is 0.347 e. The summed E-state index contributed by atoms with van der Waals surface area (Å²) in [4.78, 5) is 40.3. The molecule has 0 radical (unpaired) electrons. The number of esters is 1. The molecule has 1 aromatic heterocycles. The Kier molecular flexibility index (Phi) is 4.49. The Bertz CT molecular complexity index is 555. The molecule has 0 aliphatic carbocycles. The Morgan fingerprint density at radius 2 is 2.30 bits per heavy atom. The van der Waals surface area contributed by atoms with Crippen LogP contribution >= 0.6 is 0 Å². The van der Waals surface area contributed by atoms with Gasteiger partial charge in [-0.25, -0.2) is 9.78 Å². The number of nitrogens with zero attached hydrogens (tertiary/aromatic N) is 3. The third-order valence-electron chi connectivity index (χ3n) is 3.40. The fraction of sp³-hybridized carbons (Fsp3) is 0.538. The maximum absolute atomic E-state index is 12.2. The van der Waals surface area contributed by atoms with E-state index >= 15 is 0 Å². The number of amides is 1. The average molecular weight is 279 g/mol. The van der Waals surface area contributed by atoms with Gasteiger partial charge in [-0.1, -0.05) is 0 Å². The monoisotopic (exact) mass is 279 g/mol. The Morgan fingerprint density at radius 1 is 1.50 bits per heavy atom. The van der Waals surface area contributed by atoms with Gasteiger partial charge in [0.25, 0.3) is 0 Å². The maximum atomic E-state index is 12.2. The van der Waals surface area contributed by atoms with Gasteiger partial charge in [0.05, 0.1) is 13.0 Å². The van der Waals surface area contributed by atoms with Crippen LogP contribution in [0.4, 0.5) is 0 Å². The Morgan fingerprint density at radius 3 is 3.00 bits per heavy atom. The third kappa shape index (κ3) is 3.23. The predicted molar refractivity (Wildman–Crippen MR) is 69.8 cm³/mol. The van der Waals surface area contributed by atoms with E-state index in [1.807, 2.05) is 0 Å². The summed E-state index contributed by atoms with van der Waals surface area (Å²) in [5.74, 6) is -0.752. The molecule has 7 heteroatoms. The molecular formula is C13H17N3O4. The van der Waals surface area contributed by atoms with Crippen molar-refractivity contribution in [1.29, 1.82) is 0 Å². The third-order valence-corrected chi connectivity index (χ3v) is 3.40. The predicted octanol–water partition coefficient (Wildman–Crippen LogP) is -0.345. The van der Waals surface area contributed by atoms with Gasteiger partial charge in [0.1, 0.15) is 6.54 Å². The zero-order valence-corrected chi connectivity index (χ0v) is 11.3. The fourth-order valence-corrected chi connectivity index (χ4v) is 2.32. The molecule has 1 fully saturated rings. The minimum atomic E-state index is -0.456. The number of rotatable bonds is 3. The molecule has 0 bridgehead atoms. The van der Waals surface area contributed by atoms with Crippen LogP contribution in [0.2, 0.25) is 0 Å². The van der Waals surface area contributed by atoms with E-state index in [1.165, 1.54) is 24.1 Å². The van der Waals surface area contributed by atoms with E-state index in [4.69, 9.17) is 4.74 Å². The summed E-state index contributed by atoms with van der Waals surface area (Å²) in [6, 6.07) is 1.60. The van der Waals surface area contributed by atoms with Crippen LogP contribution in [-0.4, -0.2) is 46.5 Å². The van der Waals surface area contributed by atoms with Crippen LogP contribution in [0.25, 0.3) is 0 Å². The standard InChI is InChI=1S/C13H17N3O4/c1-20-12(18)10-4-2-6-15(8-10)11(17)9-16-7-3-5-14-13(16)19/h3,5,7,10H,2,4,6,8-9H2,1H3. The van der Waals surface area contributed by atoms with Gasteiger partial charge < -0.3 is 9.64 Å². The van der Waals surface area contributed by atoms with Crippen molar-refractivity contribution >= 4 is 11.9 Å². The first-order chi connectivity index (χ1) is 9.61. The Balaban J connectivity index is 2.01. The normalized spacial score (nSPS) is 18.6. The van der Waals surface area contributed by atoms with Crippen molar-refractivity contribution in [2.45, 2.75) is 19.4 Å². The molecule has 1 unspecified atom stereocenters. The van der Waals surface area contributed by atoms with Crippen LogP contribution in [0.15, 0.2) is 23.3 Å². The Labute approximate surface area is 116 Å². The quantitative estimate of drug-likeness (QED) is 0.707. The molecule has 1 aliphatic rings. The van der Waals surface area contributed by atoms with Crippen LogP contribution in [0.5, 0.6) is 0 Å². The van der Waals surface area contributed by atoms with Crippen LogP contribution in [0, 0.1) is 5.92 Å². The smallest absolute Gasteiger partial charge is 0.347 e. The van der Waals surface area contributed by atoms with E-state index < -0.39 is 5.69 Å². The molecule has 2 heterocycles. The zero-order chi connectivity index (χ0) is 14.5. The van der Waals surface area contributed by atoms with Gasteiger partial charge >= 0.3 is 11.7 Å². The van der Waals surface area contributed by atoms with Crippen molar-refractivity contribution in [3.05, 3.63) is 28.9 Å². The second kappa shape index (κ2) is 6.31. The lowest BCUT2D eigenvalue weighted by atomic mass is 9.98. The summed E-state index contributed by atoms with van der Waals surface area (Å²) in [5, 5.41) is 0. The van der Waals surface area contributed by atoms with Crippen LogP contribution in [0.3, 0.4) is 0 Å². The second-order valence-electron chi connectivity index (χ2n) is 4.73. The van der Waals surface area contributed by atoms with Crippen molar-refractivity contribution in [2.24, 2.45) is 5.92 Å². The molecule has 0 aromatic carbocycles. The zero-order valence-electron chi connectivity index (χ0n) is 11.3. The van der Waals surface area contributed by atoms with Crippen molar-refractivity contribution in [2.75, 3.05) is 20.2 Å². The number of methoxy groups -OCH3 is 1. The summed E-state index contributed by atoms with van der Waals surface area (Å²) in [6.45, 7) is 0.891. The number of likely N-dealkylation sites (tertiary alicyclic amines) is 1. The molecule has 0 N–H and O–H groups in total. The van der Waals surface area contributed by atoms with Gasteiger partial charge in [-0.15, -0.1) is 0 Å². The molecule has 1 aliphatic heterocycles. The highest BCUT2D eigenvalue weighted by atomic mass is 16.5.